The Morgan fingerprint density at radius 3 is 2.65 bits per heavy atom. The molecule has 0 aromatic heterocycles. The third-order valence-electron chi connectivity index (χ3n) is 4.85. The second-order valence-electron chi connectivity index (χ2n) is 6.22. The van der Waals surface area contributed by atoms with Crippen LogP contribution in [0.25, 0.3) is 0 Å². The number of rotatable bonds is 4. The average molecular weight is 268 g/mol. The minimum absolute atomic E-state index is 0.135. The fourth-order valence-electron chi connectivity index (χ4n) is 3.87. The highest BCUT2D eigenvalue weighted by Crippen LogP contribution is 2.49. The third-order valence-corrected chi connectivity index (χ3v) is 4.85. The summed E-state index contributed by atoms with van der Waals surface area (Å²) in [6.07, 6.45) is 6.38. The Balaban J connectivity index is 1.52. The number of anilines is 1. The Kier molecular flexibility index (Phi) is 3.73. The van der Waals surface area contributed by atoms with E-state index in [9.17, 15) is 4.79 Å². The van der Waals surface area contributed by atoms with Crippen molar-refractivity contribution < 1.29 is 4.79 Å². The summed E-state index contributed by atoms with van der Waals surface area (Å²) in [4.78, 5) is 12.1. The number of amides is 1. The van der Waals surface area contributed by atoms with Crippen LogP contribution in [0.4, 0.5) is 5.69 Å². The second kappa shape index (κ2) is 5.66. The van der Waals surface area contributed by atoms with Crippen molar-refractivity contribution >= 4 is 11.6 Å². The molecule has 0 aliphatic heterocycles. The van der Waals surface area contributed by atoms with Crippen molar-refractivity contribution in [1.82, 2.24) is 0 Å². The molecule has 1 aromatic rings. The van der Waals surface area contributed by atoms with Crippen LogP contribution in [0, 0.1) is 29.1 Å². The lowest BCUT2D eigenvalue weighted by molar-refractivity contribution is -0.117. The summed E-state index contributed by atoms with van der Waals surface area (Å²) in [5, 5.41) is 11.6. The lowest BCUT2D eigenvalue weighted by Crippen LogP contribution is -2.20. The quantitative estimate of drug-likeness (QED) is 0.908. The van der Waals surface area contributed by atoms with Gasteiger partial charge < -0.3 is 5.32 Å². The fourth-order valence-corrected chi connectivity index (χ4v) is 3.87. The third kappa shape index (κ3) is 2.85. The zero-order valence-electron chi connectivity index (χ0n) is 11.6. The van der Waals surface area contributed by atoms with Crippen LogP contribution in [0.2, 0.25) is 0 Å². The molecule has 3 atom stereocenters. The summed E-state index contributed by atoms with van der Waals surface area (Å²) in [5.74, 6) is 2.43. The number of hydrogen-bond donors (Lipinski definition) is 1. The first-order valence-electron chi connectivity index (χ1n) is 7.50. The van der Waals surface area contributed by atoms with Crippen molar-refractivity contribution in [2.45, 2.75) is 38.5 Å². The van der Waals surface area contributed by atoms with Crippen molar-refractivity contribution in [2.75, 3.05) is 5.32 Å². The Morgan fingerprint density at radius 2 is 2.05 bits per heavy atom. The van der Waals surface area contributed by atoms with E-state index in [0.717, 1.165) is 23.1 Å². The molecule has 0 spiro atoms. The number of nitrogens with one attached hydrogen (secondary N) is 1. The molecule has 0 unspecified atom stereocenters. The van der Waals surface area contributed by atoms with Gasteiger partial charge in [-0.05, 0) is 54.7 Å². The van der Waals surface area contributed by atoms with Crippen molar-refractivity contribution in [1.29, 1.82) is 5.26 Å². The molecule has 2 saturated carbocycles. The van der Waals surface area contributed by atoms with Gasteiger partial charge in [-0.2, -0.15) is 5.26 Å². The normalized spacial score (nSPS) is 27.2. The monoisotopic (exact) mass is 268 g/mol. The number of fused-ring (bicyclic) bond motifs is 2. The molecule has 3 nitrogen and oxygen atoms in total. The van der Waals surface area contributed by atoms with Crippen LogP contribution in [-0.4, -0.2) is 5.91 Å². The molecule has 3 heteroatoms. The maximum absolute atomic E-state index is 12.1. The van der Waals surface area contributed by atoms with Gasteiger partial charge in [-0.15, -0.1) is 0 Å². The molecule has 2 aliphatic rings. The van der Waals surface area contributed by atoms with Crippen LogP contribution < -0.4 is 5.32 Å². The van der Waals surface area contributed by atoms with Crippen molar-refractivity contribution in [3.63, 3.8) is 0 Å². The van der Waals surface area contributed by atoms with Crippen molar-refractivity contribution in [3.8, 4) is 6.07 Å². The topological polar surface area (TPSA) is 52.9 Å². The molecule has 2 fully saturated rings. The van der Waals surface area contributed by atoms with E-state index in [1.807, 2.05) is 24.3 Å². The number of carbonyl (C=O) groups excluding carboxylic acids is 1. The van der Waals surface area contributed by atoms with Crippen molar-refractivity contribution in [2.24, 2.45) is 17.8 Å². The van der Waals surface area contributed by atoms with E-state index in [1.165, 1.54) is 25.7 Å². The highest BCUT2D eigenvalue weighted by atomic mass is 16.1. The summed E-state index contributed by atoms with van der Waals surface area (Å²) < 4.78 is 0. The van der Waals surface area contributed by atoms with Crippen LogP contribution in [0.5, 0.6) is 0 Å². The molecule has 1 aromatic carbocycles. The molecular formula is C17H20N2O. The Morgan fingerprint density at radius 1 is 1.25 bits per heavy atom. The number of carbonyl (C=O) groups is 1. The van der Waals surface area contributed by atoms with Crippen LogP contribution in [-0.2, 0) is 11.2 Å². The lowest BCUT2D eigenvalue weighted by atomic mass is 9.86. The highest BCUT2D eigenvalue weighted by Gasteiger charge is 2.40. The van der Waals surface area contributed by atoms with Gasteiger partial charge in [0.25, 0.3) is 0 Å². The molecule has 0 radical (unpaired) electrons. The van der Waals surface area contributed by atoms with Crippen LogP contribution in [0.3, 0.4) is 0 Å². The van der Waals surface area contributed by atoms with Crippen molar-refractivity contribution in [3.05, 3.63) is 29.8 Å². The van der Waals surface area contributed by atoms with Gasteiger partial charge in [-0.25, -0.2) is 0 Å². The highest BCUT2D eigenvalue weighted by molar-refractivity contribution is 5.90. The maximum atomic E-state index is 12.1. The maximum Gasteiger partial charge on any atom is 0.224 e. The van der Waals surface area contributed by atoms with Gasteiger partial charge in [-0.3, -0.25) is 4.79 Å². The average Bonchev–Trinajstić information content (AvgIpc) is 3.03. The first-order valence-corrected chi connectivity index (χ1v) is 7.50. The molecule has 0 saturated heterocycles. The van der Waals surface area contributed by atoms with E-state index in [1.54, 1.807) is 0 Å². The molecule has 20 heavy (non-hydrogen) atoms. The molecule has 104 valence electrons. The number of nitriles is 1. The van der Waals surface area contributed by atoms with E-state index < -0.39 is 0 Å². The standard InChI is InChI=1S/C17H20N2O/c18-8-7-12-2-5-16(6-3-12)19-17(20)11-15-10-13-1-4-14(15)9-13/h2-3,5-6,13-15H,1,4,7,9-11H2,(H,19,20)/t13-,14-,15-/m1/s1. The largest absolute Gasteiger partial charge is 0.326 e. The zero-order valence-corrected chi connectivity index (χ0v) is 11.6. The molecule has 1 amide bonds. The Bertz CT molecular complexity index is 529. The van der Waals surface area contributed by atoms with E-state index >= 15 is 0 Å². The fraction of sp³-hybridized carbons (Fsp3) is 0.529. The summed E-state index contributed by atoms with van der Waals surface area (Å²) in [6.45, 7) is 0. The summed E-state index contributed by atoms with van der Waals surface area (Å²) in [7, 11) is 0. The smallest absolute Gasteiger partial charge is 0.224 e. The number of hydrogen-bond acceptors (Lipinski definition) is 2. The molecule has 2 aliphatic carbocycles. The summed E-state index contributed by atoms with van der Waals surface area (Å²) in [6, 6.07) is 9.68. The van der Waals surface area contributed by atoms with Gasteiger partial charge >= 0.3 is 0 Å². The Labute approximate surface area is 120 Å². The van der Waals surface area contributed by atoms with E-state index in [0.29, 0.717) is 18.8 Å². The molecule has 0 heterocycles. The number of benzene rings is 1. The SMILES string of the molecule is N#CCc1ccc(NC(=O)C[C@H]2C[C@@H]3CC[C@@H]2C3)cc1. The molecule has 3 rings (SSSR count). The first kappa shape index (κ1) is 13.2. The predicted molar refractivity (Wildman–Crippen MR) is 77.9 cm³/mol. The predicted octanol–water partition coefficient (Wildman–Crippen LogP) is 3.52. The molecular weight excluding hydrogens is 248 g/mol. The lowest BCUT2D eigenvalue weighted by Gasteiger charge is -2.20. The minimum atomic E-state index is 0.135. The molecule has 1 N–H and O–H groups in total. The van der Waals surface area contributed by atoms with Gasteiger partial charge in [0.05, 0.1) is 12.5 Å². The first-order chi connectivity index (χ1) is 9.74. The number of nitrogens with zero attached hydrogens (tertiary/aromatic N) is 1. The van der Waals surface area contributed by atoms with E-state index in [-0.39, 0.29) is 5.91 Å². The van der Waals surface area contributed by atoms with Gasteiger partial charge in [0.15, 0.2) is 0 Å². The van der Waals surface area contributed by atoms with Gasteiger partial charge in [0.1, 0.15) is 0 Å². The Hall–Kier alpha value is -1.82. The van der Waals surface area contributed by atoms with Gasteiger partial charge in [0.2, 0.25) is 5.91 Å². The van der Waals surface area contributed by atoms with E-state index in [2.05, 4.69) is 11.4 Å². The summed E-state index contributed by atoms with van der Waals surface area (Å²) in [5.41, 5.74) is 1.82. The van der Waals surface area contributed by atoms with Gasteiger partial charge in [-0.1, -0.05) is 18.6 Å². The zero-order chi connectivity index (χ0) is 13.9. The second-order valence-corrected chi connectivity index (χ2v) is 6.22. The van der Waals surface area contributed by atoms with E-state index in [4.69, 9.17) is 5.26 Å². The van der Waals surface area contributed by atoms with Crippen LogP contribution in [0.1, 0.15) is 37.7 Å². The van der Waals surface area contributed by atoms with Crippen LogP contribution in [0.15, 0.2) is 24.3 Å². The summed E-state index contributed by atoms with van der Waals surface area (Å²) >= 11 is 0. The van der Waals surface area contributed by atoms with Gasteiger partial charge in [0, 0.05) is 12.1 Å². The minimum Gasteiger partial charge on any atom is -0.326 e. The molecule has 2 bridgehead atoms. The van der Waals surface area contributed by atoms with Crippen LogP contribution >= 0.6 is 0 Å².